The van der Waals surface area contributed by atoms with Crippen LogP contribution in [0.1, 0.15) is 82.9 Å². The van der Waals surface area contributed by atoms with Gasteiger partial charge in [-0.25, -0.2) is 0 Å². The Kier molecular flexibility index (Phi) is 27.2. The van der Waals surface area contributed by atoms with Gasteiger partial charge in [0.2, 0.25) is 47.3 Å². The number of aromatic hydroxyl groups is 1. The number of carbonyl (C=O) groups is 11. The topological polar surface area (TPSA) is 537 Å². The number of carbonyl (C=O) groups excluding carboxylic acids is 9. The second kappa shape index (κ2) is 33.4. The number of likely N-dealkylation sites (tertiary alicyclic amines) is 1. The molecule has 1 aliphatic rings. The lowest BCUT2D eigenvalue weighted by Gasteiger charge is -2.30. The highest BCUT2D eigenvalue weighted by atomic mass is 32.3. The van der Waals surface area contributed by atoms with Crippen LogP contribution in [0.25, 0.3) is 0 Å². The van der Waals surface area contributed by atoms with E-state index in [2.05, 4.69) is 51.3 Å². The van der Waals surface area contributed by atoms with Crippen molar-refractivity contribution in [2.75, 3.05) is 13.2 Å². The van der Waals surface area contributed by atoms with E-state index in [0.29, 0.717) is 6.42 Å². The predicted molar refractivity (Wildman–Crippen MR) is 311 cm³/mol. The molecule has 0 spiro atoms. The summed E-state index contributed by atoms with van der Waals surface area (Å²) in [4.78, 5) is 151. The van der Waals surface area contributed by atoms with Crippen LogP contribution in [0.2, 0.25) is 0 Å². The van der Waals surface area contributed by atoms with Crippen molar-refractivity contribution in [3.05, 3.63) is 95.9 Å². The van der Waals surface area contributed by atoms with Crippen molar-refractivity contribution < 1.29 is 113 Å². The van der Waals surface area contributed by atoms with Crippen LogP contribution in [0.4, 0.5) is 0 Å². The van der Waals surface area contributed by atoms with Gasteiger partial charge in [-0.15, -0.1) is 0 Å². The minimum atomic E-state index is -4.99. The minimum Gasteiger partial charge on any atom is -0.510 e. The van der Waals surface area contributed by atoms with E-state index in [1.54, 1.807) is 20.8 Å². The molecule has 1 saturated heterocycles. The maximum absolute atomic E-state index is 14.5. The molecule has 1 fully saturated rings. The van der Waals surface area contributed by atoms with Crippen LogP contribution < -0.4 is 57.1 Å². The first kappa shape index (κ1) is 73.3. The van der Waals surface area contributed by atoms with Gasteiger partial charge < -0.3 is 82.4 Å². The number of quaternary nitrogens is 1. The molecule has 33 nitrogen and oxygen atoms in total. The zero-order valence-electron chi connectivity index (χ0n) is 49.1. The smallest absolute Gasteiger partial charge is 0.446 e. The fourth-order valence-corrected chi connectivity index (χ4v) is 9.80. The molecule has 3 aromatic rings. The third-order valence-electron chi connectivity index (χ3n) is 14.3. The van der Waals surface area contributed by atoms with Crippen LogP contribution in [0.15, 0.2) is 72.8 Å². The molecule has 90 heavy (non-hydrogen) atoms. The average molecular weight is 1310 g/mol. The Labute approximate surface area is 516 Å². The summed E-state index contributed by atoms with van der Waals surface area (Å²) >= 11 is 0. The van der Waals surface area contributed by atoms with Gasteiger partial charge in [-0.3, -0.25) is 61.8 Å². The molecule has 0 aromatic heterocycles. The van der Waals surface area contributed by atoms with Gasteiger partial charge >= 0.3 is 32.7 Å². The molecule has 9 amide bonds. The van der Waals surface area contributed by atoms with E-state index in [4.69, 9.17) is 10.3 Å². The van der Waals surface area contributed by atoms with E-state index in [0.717, 1.165) is 30.7 Å². The van der Waals surface area contributed by atoms with Crippen LogP contribution >= 0.6 is 0 Å². The summed E-state index contributed by atoms with van der Waals surface area (Å²) in [6.07, 6.45) is -1.16. The molecular weight excluding hydrogens is 1230 g/mol. The lowest BCUT2D eigenvalue weighted by atomic mass is 9.96. The van der Waals surface area contributed by atoms with Crippen molar-refractivity contribution in [1.29, 1.82) is 0 Å². The van der Waals surface area contributed by atoms with Crippen molar-refractivity contribution in [2.45, 2.75) is 133 Å². The Hall–Kier alpha value is -9.16. The highest BCUT2D eigenvalue weighted by Crippen LogP contribution is 2.22. The molecule has 18 N–H and O–H groups in total. The number of aliphatic hydroxyl groups excluding tert-OH is 1. The molecule has 4 rings (SSSR count). The predicted octanol–water partition coefficient (Wildman–Crippen LogP) is -3.69. The number of rotatable bonds is 35. The maximum Gasteiger partial charge on any atom is 0.446 e. The quantitative estimate of drug-likeness (QED) is 0.0199. The number of amides is 9. The summed E-state index contributed by atoms with van der Waals surface area (Å²) in [5.41, 5.74) is 9.66. The first-order chi connectivity index (χ1) is 42.1. The van der Waals surface area contributed by atoms with E-state index in [1.807, 2.05) is 0 Å². The fraction of sp³-hybridized carbons (Fsp3) is 0.455. The van der Waals surface area contributed by atoms with E-state index in [-0.39, 0.29) is 59.7 Å². The Bertz CT molecular complexity index is 3300. The van der Waals surface area contributed by atoms with Gasteiger partial charge in [-0.2, -0.15) is 41.0 Å². The third-order valence-corrected chi connectivity index (χ3v) is 15.1. The lowest BCUT2D eigenvalue weighted by molar-refractivity contribution is -0.411. The number of phenolic OH excluding ortho intramolecular Hbond substituents is 1. The van der Waals surface area contributed by atoms with Crippen molar-refractivity contribution in [3.63, 3.8) is 0 Å². The number of benzene rings is 3. The molecule has 494 valence electrons. The maximum atomic E-state index is 14.5. The highest BCUT2D eigenvalue weighted by Gasteiger charge is 2.41. The molecule has 0 aliphatic carbocycles. The number of nitrogens with zero attached hydrogens (tertiary/aromatic N) is 1. The van der Waals surface area contributed by atoms with Crippen LogP contribution in [0.5, 0.6) is 17.2 Å². The average Bonchev–Trinajstić information content (AvgIpc) is 2.41. The number of hydrogen-bond donors (Lipinski definition) is 15. The van der Waals surface area contributed by atoms with E-state index in [1.165, 1.54) is 60.4 Å². The van der Waals surface area contributed by atoms with Gasteiger partial charge in [0, 0.05) is 19.4 Å². The molecule has 3 aromatic carbocycles. The summed E-state index contributed by atoms with van der Waals surface area (Å²) in [7, 11) is -9.97. The van der Waals surface area contributed by atoms with Gasteiger partial charge in [-0.05, 0) is 60.1 Å². The summed E-state index contributed by atoms with van der Waals surface area (Å²) in [6.45, 7) is 5.84. The van der Waals surface area contributed by atoms with Crippen molar-refractivity contribution >= 4 is 85.9 Å². The standard InChI is InChI=1S/C55H73N10O23S2/c1-5-28(3)45(52(76)61-39(25-43(57)68)49(73)58-37(22-31-11-17-34(18-12-31)87-89(81,82)83)48(72)62-41(55(79)80)24-30-9-15-33(67)16-10-30)63-50(74)40(26-44(69)70)59-47(71)38(23-32-13-19-35(20-14-32)88-90(84,85)86)60-53(77)46(29(4)6-2)64-51(75)42-8-7-21-65(42)54(78)36(56)27-66/h9-20,24,28-29,36-42,45-46,66-67H,5-8,21-23,25-27,56H2,1-4H3,(H2,57,68)(H,58,73)(H,59,71)(H,60,77)(H,61,76)(H,62,72)(H,63,74)(H,64,75)(H,69,70)(H,79,80)(H,81,82,83)(H,84,85,86)/q-1/p+1/t28-,29-,36-,37-,38-,39-,40-,41-,42-,45-,46-/m0/s1. The summed E-state index contributed by atoms with van der Waals surface area (Å²) in [6, 6.07) is -0.453. The van der Waals surface area contributed by atoms with Gasteiger partial charge in [0.05, 0.1) is 18.6 Å². The van der Waals surface area contributed by atoms with Gasteiger partial charge in [0.1, 0.15) is 66.4 Å². The van der Waals surface area contributed by atoms with E-state index in [9.17, 15) is 94.6 Å². The first-order valence-electron chi connectivity index (χ1n) is 27.9. The normalized spacial score (nSPS) is 16.4. The Morgan fingerprint density at radius 3 is 1.49 bits per heavy atom. The summed E-state index contributed by atoms with van der Waals surface area (Å²) < 4.78 is 72.6. The van der Waals surface area contributed by atoms with Crippen LogP contribution in [0.3, 0.4) is 0 Å². The molecule has 0 saturated carbocycles. The molecule has 35 heteroatoms. The first-order valence-corrected chi connectivity index (χ1v) is 30.6. The number of hydrogen-bond acceptors (Lipinski definition) is 19. The SMILES string of the molecule is CC[C@H](C)[C@H](NC(=O)[C@H](CC(=O)O)NC(=O)[C@H](Cc1ccc(OS(=O)(=O)O)cc1)NC(=O)[C@@H](NC(=O)[C@@H]1CCCN1C(=O)[C@@H]([NH3+])CO)[C@@H](C)CC)C(=O)N[C@@H](CC(N)=O)C(=O)N[C@@H](Cc1ccc(OS(=O)(=O)O)cc1)C(=O)N[C@@H]([CH-]c1ccc(O)cc1)C(=O)O. The largest absolute Gasteiger partial charge is 0.510 e. The number of nitrogens with two attached hydrogens (primary N) is 1. The molecule has 1 heterocycles. The number of carboxylic acid groups (broad SMARTS) is 2. The summed E-state index contributed by atoms with van der Waals surface area (Å²) in [5.74, 6) is -15.5. The van der Waals surface area contributed by atoms with Crippen LogP contribution in [-0.2, 0) is 86.4 Å². The monoisotopic (exact) mass is 1310 g/mol. The van der Waals surface area contributed by atoms with Crippen molar-refractivity contribution in [2.24, 2.45) is 17.6 Å². The lowest BCUT2D eigenvalue weighted by Crippen LogP contribution is -2.70. The molecular formula is C55H74N10O23S2. The third kappa shape index (κ3) is 23.4. The van der Waals surface area contributed by atoms with Crippen molar-refractivity contribution in [1.82, 2.24) is 42.1 Å². The minimum absolute atomic E-state index is 0.0767. The van der Waals surface area contributed by atoms with Gasteiger partial charge in [0.25, 0.3) is 5.91 Å². The molecule has 0 bridgehead atoms. The van der Waals surface area contributed by atoms with E-state index >= 15 is 0 Å². The number of aliphatic hydroxyl groups is 1. The fourth-order valence-electron chi connectivity index (χ4n) is 9.09. The Morgan fingerprint density at radius 2 is 1.04 bits per heavy atom. The number of carboxylic acids is 2. The Morgan fingerprint density at radius 1 is 0.622 bits per heavy atom. The van der Waals surface area contributed by atoms with Crippen LogP contribution in [-0.4, -0.2) is 184 Å². The van der Waals surface area contributed by atoms with Gasteiger partial charge in [-0.1, -0.05) is 76.9 Å². The van der Waals surface area contributed by atoms with Gasteiger partial charge in [0.15, 0.2) is 6.04 Å². The van der Waals surface area contributed by atoms with Crippen molar-refractivity contribution in [3.8, 4) is 17.2 Å². The number of aliphatic carboxylic acids is 2. The second-order valence-electron chi connectivity index (χ2n) is 21.1. The molecule has 11 atom stereocenters. The zero-order chi connectivity index (χ0) is 67.4. The van der Waals surface area contributed by atoms with E-state index < -0.39 is 184 Å². The number of primary amides is 1. The number of nitrogens with one attached hydrogen (secondary N) is 7. The highest BCUT2D eigenvalue weighted by molar-refractivity contribution is 7.81. The number of phenols is 1. The Balaban J connectivity index is 1.66. The van der Waals surface area contributed by atoms with Crippen LogP contribution in [0, 0.1) is 18.3 Å². The molecule has 0 radical (unpaired) electrons. The summed E-state index contributed by atoms with van der Waals surface area (Å²) in [5, 5.41) is 56.1. The zero-order valence-corrected chi connectivity index (χ0v) is 50.7. The molecule has 1 aliphatic heterocycles. The second-order valence-corrected chi connectivity index (χ2v) is 23.2. The molecule has 0 unspecified atom stereocenters.